The van der Waals surface area contributed by atoms with E-state index >= 15 is 0 Å². The Morgan fingerprint density at radius 3 is 2.90 bits per heavy atom. The molecule has 1 aliphatic rings. The highest BCUT2D eigenvalue weighted by molar-refractivity contribution is 9.10. The van der Waals surface area contributed by atoms with Gasteiger partial charge in [0.15, 0.2) is 5.78 Å². The molecule has 1 unspecified atom stereocenters. The summed E-state index contributed by atoms with van der Waals surface area (Å²) in [6.07, 6.45) is 2.37. The number of hydrogen-bond donors (Lipinski definition) is 0. The summed E-state index contributed by atoms with van der Waals surface area (Å²) in [6.45, 7) is 2.65. The molecule has 0 spiro atoms. The normalized spacial score (nSPS) is 19.8. The van der Waals surface area contributed by atoms with Crippen molar-refractivity contribution in [3.63, 3.8) is 0 Å². The van der Waals surface area contributed by atoms with Crippen molar-refractivity contribution in [2.75, 3.05) is 40.8 Å². The molecule has 0 aromatic heterocycles. The van der Waals surface area contributed by atoms with Crippen LogP contribution in [0.15, 0.2) is 22.7 Å². The number of likely N-dealkylation sites (tertiary alicyclic amines) is 1. The van der Waals surface area contributed by atoms with Gasteiger partial charge in [0.25, 0.3) is 0 Å². The lowest BCUT2D eigenvalue weighted by molar-refractivity contribution is 0.0857. The number of Topliss-reactive ketones (excluding diaryl/α,β-unsaturated/α-hetero) is 1. The fraction of sp³-hybridized carbons (Fsp3) is 0.562. The van der Waals surface area contributed by atoms with Crippen molar-refractivity contribution in [3.8, 4) is 5.75 Å². The Morgan fingerprint density at radius 2 is 2.29 bits per heavy atom. The number of rotatable bonds is 5. The molecule has 1 aliphatic heterocycles. The summed E-state index contributed by atoms with van der Waals surface area (Å²) in [5.74, 6) is 0.892. The standard InChI is InChI=1S/C16H23BrN2O2/c1-18-8-4-5-13(10-18)19(2)11-15(20)12-6-7-16(21-3)14(17)9-12/h6-7,9,13H,4-5,8,10-11H2,1-3H3. The summed E-state index contributed by atoms with van der Waals surface area (Å²) in [5, 5.41) is 0. The number of methoxy groups -OCH3 is 1. The molecule has 0 saturated carbocycles. The Bertz CT molecular complexity index is 507. The Hall–Kier alpha value is -0.910. The molecule has 2 rings (SSSR count). The van der Waals surface area contributed by atoms with Gasteiger partial charge in [-0.15, -0.1) is 0 Å². The van der Waals surface area contributed by atoms with E-state index in [-0.39, 0.29) is 5.78 Å². The second-order valence-corrected chi connectivity index (χ2v) is 6.60. The van der Waals surface area contributed by atoms with Crippen molar-refractivity contribution in [2.45, 2.75) is 18.9 Å². The molecule has 5 heteroatoms. The Balaban J connectivity index is 1.98. The summed E-state index contributed by atoms with van der Waals surface area (Å²) >= 11 is 3.43. The highest BCUT2D eigenvalue weighted by atomic mass is 79.9. The smallest absolute Gasteiger partial charge is 0.176 e. The summed E-state index contributed by atoms with van der Waals surface area (Å²) in [6, 6.07) is 5.95. The van der Waals surface area contributed by atoms with Gasteiger partial charge in [0.1, 0.15) is 5.75 Å². The van der Waals surface area contributed by atoms with Gasteiger partial charge in [0.05, 0.1) is 18.1 Å². The molecule has 0 amide bonds. The molecule has 4 nitrogen and oxygen atoms in total. The van der Waals surface area contributed by atoms with Gasteiger partial charge in [0.2, 0.25) is 0 Å². The van der Waals surface area contributed by atoms with E-state index in [0.29, 0.717) is 12.6 Å². The van der Waals surface area contributed by atoms with E-state index in [4.69, 9.17) is 4.74 Å². The number of piperidine rings is 1. The fourth-order valence-electron chi connectivity index (χ4n) is 2.79. The molecule has 0 aliphatic carbocycles. The highest BCUT2D eigenvalue weighted by Crippen LogP contribution is 2.26. The first-order valence-electron chi connectivity index (χ1n) is 7.26. The average molecular weight is 355 g/mol. The van der Waals surface area contributed by atoms with E-state index in [9.17, 15) is 4.79 Å². The first-order valence-corrected chi connectivity index (χ1v) is 8.06. The number of hydrogen-bond acceptors (Lipinski definition) is 4. The number of halogens is 1. The topological polar surface area (TPSA) is 32.8 Å². The van der Waals surface area contributed by atoms with Crippen LogP contribution in [0, 0.1) is 0 Å². The van der Waals surface area contributed by atoms with Gasteiger partial charge in [-0.3, -0.25) is 9.69 Å². The first-order chi connectivity index (χ1) is 10.0. The van der Waals surface area contributed by atoms with Crippen LogP contribution in [0.3, 0.4) is 0 Å². The summed E-state index contributed by atoms with van der Waals surface area (Å²) in [5.41, 5.74) is 0.721. The van der Waals surface area contributed by atoms with Crippen LogP contribution >= 0.6 is 15.9 Å². The molecular formula is C16H23BrN2O2. The van der Waals surface area contributed by atoms with Gasteiger partial charge in [-0.05, 0) is 67.6 Å². The lowest BCUT2D eigenvalue weighted by Gasteiger charge is -2.35. The maximum absolute atomic E-state index is 12.4. The zero-order valence-electron chi connectivity index (χ0n) is 12.9. The molecule has 0 bridgehead atoms. The maximum atomic E-state index is 12.4. The number of likely N-dealkylation sites (N-methyl/N-ethyl adjacent to an activating group) is 2. The van der Waals surface area contributed by atoms with E-state index < -0.39 is 0 Å². The molecule has 116 valence electrons. The molecule has 1 saturated heterocycles. The second kappa shape index (κ2) is 7.38. The monoisotopic (exact) mass is 354 g/mol. The van der Waals surface area contributed by atoms with E-state index in [1.165, 1.54) is 12.8 Å². The van der Waals surface area contributed by atoms with Crippen LogP contribution in [0.2, 0.25) is 0 Å². The van der Waals surface area contributed by atoms with Crippen LogP contribution < -0.4 is 4.74 Å². The minimum absolute atomic E-state index is 0.147. The van der Waals surface area contributed by atoms with Crippen molar-refractivity contribution in [1.29, 1.82) is 0 Å². The SMILES string of the molecule is COc1ccc(C(=O)CN(C)C2CCCN(C)C2)cc1Br. The third kappa shape index (κ3) is 4.28. The maximum Gasteiger partial charge on any atom is 0.176 e. The van der Waals surface area contributed by atoms with Gasteiger partial charge in [0, 0.05) is 18.2 Å². The molecule has 1 heterocycles. The Labute approximate surface area is 135 Å². The van der Waals surface area contributed by atoms with Crippen LogP contribution in [-0.2, 0) is 0 Å². The van der Waals surface area contributed by atoms with E-state index in [2.05, 4.69) is 32.8 Å². The van der Waals surface area contributed by atoms with Crippen molar-refractivity contribution in [3.05, 3.63) is 28.2 Å². The first kappa shape index (κ1) is 16.5. The number of carbonyl (C=O) groups is 1. The molecule has 1 aromatic rings. The third-order valence-electron chi connectivity index (χ3n) is 4.09. The van der Waals surface area contributed by atoms with Gasteiger partial charge < -0.3 is 9.64 Å². The van der Waals surface area contributed by atoms with Crippen LogP contribution in [-0.4, -0.2) is 62.5 Å². The number of ether oxygens (including phenoxy) is 1. The molecular weight excluding hydrogens is 332 g/mol. The molecule has 1 atom stereocenters. The number of nitrogens with zero attached hydrogens (tertiary/aromatic N) is 2. The molecule has 21 heavy (non-hydrogen) atoms. The van der Waals surface area contributed by atoms with Crippen LogP contribution in [0.5, 0.6) is 5.75 Å². The lowest BCUT2D eigenvalue weighted by atomic mass is 10.0. The summed E-state index contributed by atoms with van der Waals surface area (Å²) < 4.78 is 6.01. The number of ketones is 1. The zero-order valence-corrected chi connectivity index (χ0v) is 14.5. The Morgan fingerprint density at radius 1 is 1.52 bits per heavy atom. The predicted molar refractivity (Wildman–Crippen MR) is 88.2 cm³/mol. The summed E-state index contributed by atoms with van der Waals surface area (Å²) in [7, 11) is 5.80. The lowest BCUT2D eigenvalue weighted by Crippen LogP contribution is -2.46. The molecule has 1 aromatic carbocycles. The van der Waals surface area contributed by atoms with Crippen LogP contribution in [0.25, 0.3) is 0 Å². The quantitative estimate of drug-likeness (QED) is 0.761. The van der Waals surface area contributed by atoms with Crippen molar-refractivity contribution < 1.29 is 9.53 Å². The minimum atomic E-state index is 0.147. The van der Waals surface area contributed by atoms with Gasteiger partial charge in [-0.1, -0.05) is 0 Å². The minimum Gasteiger partial charge on any atom is -0.496 e. The van der Waals surface area contributed by atoms with Gasteiger partial charge in [-0.25, -0.2) is 0 Å². The van der Waals surface area contributed by atoms with Gasteiger partial charge in [-0.2, -0.15) is 0 Å². The van der Waals surface area contributed by atoms with Crippen molar-refractivity contribution in [2.24, 2.45) is 0 Å². The van der Waals surface area contributed by atoms with Gasteiger partial charge >= 0.3 is 0 Å². The van der Waals surface area contributed by atoms with E-state index in [0.717, 1.165) is 28.9 Å². The Kier molecular flexibility index (Phi) is 5.79. The number of carbonyl (C=O) groups excluding carboxylic acids is 1. The van der Waals surface area contributed by atoms with Crippen molar-refractivity contribution >= 4 is 21.7 Å². The van der Waals surface area contributed by atoms with E-state index in [1.54, 1.807) is 7.11 Å². The second-order valence-electron chi connectivity index (χ2n) is 5.75. The van der Waals surface area contributed by atoms with Crippen LogP contribution in [0.1, 0.15) is 23.2 Å². The van der Waals surface area contributed by atoms with E-state index in [1.807, 2.05) is 25.2 Å². The molecule has 1 fully saturated rings. The fourth-order valence-corrected chi connectivity index (χ4v) is 3.33. The third-order valence-corrected chi connectivity index (χ3v) is 4.71. The molecule has 0 N–H and O–H groups in total. The van der Waals surface area contributed by atoms with Crippen LogP contribution in [0.4, 0.5) is 0 Å². The average Bonchev–Trinajstić information content (AvgIpc) is 2.47. The summed E-state index contributed by atoms with van der Waals surface area (Å²) in [4.78, 5) is 16.9. The highest BCUT2D eigenvalue weighted by Gasteiger charge is 2.23. The predicted octanol–water partition coefficient (Wildman–Crippen LogP) is 2.67. The van der Waals surface area contributed by atoms with Crippen molar-refractivity contribution in [1.82, 2.24) is 9.80 Å². The molecule has 0 radical (unpaired) electrons. The zero-order chi connectivity index (χ0) is 15.4. The largest absolute Gasteiger partial charge is 0.496 e. The number of benzene rings is 1.